The number of ether oxygens (including phenoxy) is 1. The number of hydrogen-bond acceptors (Lipinski definition) is 5. The number of hydrogen-bond donors (Lipinski definition) is 0. The van der Waals surface area contributed by atoms with Crippen LogP contribution in [0.1, 0.15) is 6.92 Å². The van der Waals surface area contributed by atoms with Crippen molar-refractivity contribution in [3.63, 3.8) is 0 Å². The lowest BCUT2D eigenvalue weighted by Gasteiger charge is -2.40. The summed E-state index contributed by atoms with van der Waals surface area (Å²) in [6.45, 7) is 5.22. The molecule has 0 atom stereocenters. The first kappa shape index (κ1) is 18.0. The van der Waals surface area contributed by atoms with Crippen molar-refractivity contribution in [2.75, 3.05) is 57.8 Å². The van der Waals surface area contributed by atoms with Gasteiger partial charge >= 0.3 is 17.8 Å². The summed E-state index contributed by atoms with van der Waals surface area (Å²) < 4.78 is 5.40. The van der Waals surface area contributed by atoms with E-state index in [9.17, 15) is 14.4 Å². The van der Waals surface area contributed by atoms with E-state index in [1.54, 1.807) is 12.0 Å². The molecule has 2 fully saturated rings. The number of nitrogens with zero attached hydrogens (tertiary/aromatic N) is 4. The molecule has 3 rings (SSSR count). The monoisotopic (exact) mass is 360 g/mol. The molecule has 0 spiro atoms. The van der Waals surface area contributed by atoms with Crippen molar-refractivity contribution in [2.24, 2.45) is 0 Å². The van der Waals surface area contributed by atoms with Crippen LogP contribution in [0.15, 0.2) is 24.3 Å². The van der Waals surface area contributed by atoms with Crippen LogP contribution in [-0.4, -0.2) is 85.5 Å². The normalized spacial score (nSPS) is 18.4. The van der Waals surface area contributed by atoms with Crippen LogP contribution in [0.25, 0.3) is 0 Å². The maximum Gasteiger partial charge on any atom is 0.327 e. The first-order valence-corrected chi connectivity index (χ1v) is 8.84. The number of benzene rings is 1. The molecule has 1 aromatic carbocycles. The molecule has 0 aliphatic carbocycles. The zero-order valence-electron chi connectivity index (χ0n) is 15.2. The Bertz CT molecular complexity index is 700. The lowest BCUT2D eigenvalue weighted by molar-refractivity contribution is -0.153. The molecular formula is C18H24N4O4. The van der Waals surface area contributed by atoms with Gasteiger partial charge in [-0.15, -0.1) is 0 Å². The SMILES string of the molecule is CCN1CCN(C(=O)N2CCN(c3ccccc3OC)CC2)C(=O)C1=O. The minimum absolute atomic E-state index is 0.254. The fourth-order valence-corrected chi connectivity index (χ4v) is 3.36. The number of carbonyl (C=O) groups excluding carboxylic acids is 3. The van der Waals surface area contributed by atoms with Crippen molar-refractivity contribution in [1.82, 2.24) is 14.7 Å². The van der Waals surface area contributed by atoms with Crippen molar-refractivity contribution in [1.29, 1.82) is 0 Å². The molecule has 0 N–H and O–H groups in total. The molecule has 8 nitrogen and oxygen atoms in total. The molecule has 26 heavy (non-hydrogen) atoms. The van der Waals surface area contributed by atoms with Gasteiger partial charge in [-0.05, 0) is 19.1 Å². The summed E-state index contributed by atoms with van der Waals surface area (Å²) in [5.41, 5.74) is 0.991. The number of imide groups is 1. The molecule has 2 saturated heterocycles. The Labute approximate surface area is 152 Å². The van der Waals surface area contributed by atoms with Crippen LogP contribution in [0.2, 0.25) is 0 Å². The Hall–Kier alpha value is -2.77. The van der Waals surface area contributed by atoms with Crippen LogP contribution in [0.4, 0.5) is 10.5 Å². The zero-order valence-corrected chi connectivity index (χ0v) is 15.2. The average Bonchev–Trinajstić information content (AvgIpc) is 2.69. The number of para-hydroxylation sites is 2. The third-order valence-corrected chi connectivity index (χ3v) is 4.90. The highest BCUT2D eigenvalue weighted by Gasteiger charge is 2.38. The Morgan fingerprint density at radius 2 is 1.69 bits per heavy atom. The second kappa shape index (κ2) is 7.63. The maximum absolute atomic E-state index is 12.7. The second-order valence-corrected chi connectivity index (χ2v) is 6.27. The lowest BCUT2D eigenvalue weighted by atomic mass is 10.2. The second-order valence-electron chi connectivity index (χ2n) is 6.27. The molecule has 4 amide bonds. The Kier molecular flexibility index (Phi) is 5.29. The summed E-state index contributed by atoms with van der Waals surface area (Å²) in [6, 6.07) is 7.39. The highest BCUT2D eigenvalue weighted by atomic mass is 16.5. The summed E-state index contributed by atoms with van der Waals surface area (Å²) in [6.07, 6.45) is 0. The summed E-state index contributed by atoms with van der Waals surface area (Å²) in [4.78, 5) is 43.2. The molecular weight excluding hydrogens is 336 g/mol. The Morgan fingerprint density at radius 3 is 2.35 bits per heavy atom. The van der Waals surface area contributed by atoms with Crippen molar-refractivity contribution in [3.8, 4) is 5.75 Å². The van der Waals surface area contributed by atoms with Crippen LogP contribution in [-0.2, 0) is 9.59 Å². The fraction of sp³-hybridized carbons (Fsp3) is 0.500. The minimum Gasteiger partial charge on any atom is -0.495 e. The fourth-order valence-electron chi connectivity index (χ4n) is 3.36. The number of urea groups is 1. The van der Waals surface area contributed by atoms with E-state index < -0.39 is 11.8 Å². The Morgan fingerprint density at radius 1 is 1.00 bits per heavy atom. The van der Waals surface area contributed by atoms with Gasteiger partial charge in [0.05, 0.1) is 12.8 Å². The minimum atomic E-state index is -0.727. The predicted octanol–water partition coefficient (Wildman–Crippen LogP) is 0.628. The maximum atomic E-state index is 12.7. The van der Waals surface area contributed by atoms with Crippen LogP contribution >= 0.6 is 0 Å². The van der Waals surface area contributed by atoms with Crippen LogP contribution in [0.3, 0.4) is 0 Å². The molecule has 1 aromatic rings. The number of likely N-dealkylation sites (N-methyl/N-ethyl adjacent to an activating group) is 1. The number of piperazine rings is 2. The highest BCUT2D eigenvalue weighted by Crippen LogP contribution is 2.28. The third-order valence-electron chi connectivity index (χ3n) is 4.90. The smallest absolute Gasteiger partial charge is 0.327 e. The average molecular weight is 360 g/mol. The van der Waals surface area contributed by atoms with Gasteiger partial charge in [-0.25, -0.2) is 4.79 Å². The van der Waals surface area contributed by atoms with E-state index in [0.29, 0.717) is 39.3 Å². The van der Waals surface area contributed by atoms with Gasteiger partial charge in [0.15, 0.2) is 0 Å². The van der Waals surface area contributed by atoms with Gasteiger partial charge in [-0.2, -0.15) is 0 Å². The van der Waals surface area contributed by atoms with Gasteiger partial charge in [-0.3, -0.25) is 14.5 Å². The number of amides is 4. The molecule has 2 heterocycles. The summed E-state index contributed by atoms with van der Waals surface area (Å²) in [5.74, 6) is -0.529. The third kappa shape index (κ3) is 3.31. The van der Waals surface area contributed by atoms with E-state index in [1.807, 2.05) is 31.2 Å². The zero-order chi connectivity index (χ0) is 18.7. The molecule has 140 valence electrons. The van der Waals surface area contributed by atoms with E-state index in [-0.39, 0.29) is 12.6 Å². The summed E-state index contributed by atoms with van der Waals surface area (Å²) in [5, 5.41) is 0. The quantitative estimate of drug-likeness (QED) is 0.739. The largest absolute Gasteiger partial charge is 0.495 e. The van der Waals surface area contributed by atoms with Gasteiger partial charge in [0.1, 0.15) is 5.75 Å². The molecule has 0 unspecified atom stereocenters. The van der Waals surface area contributed by atoms with Crippen molar-refractivity contribution < 1.29 is 19.1 Å². The van der Waals surface area contributed by atoms with Crippen molar-refractivity contribution >= 4 is 23.5 Å². The van der Waals surface area contributed by atoms with E-state index in [4.69, 9.17) is 4.74 Å². The molecule has 0 aromatic heterocycles. The summed E-state index contributed by atoms with van der Waals surface area (Å²) in [7, 11) is 1.64. The first-order chi connectivity index (χ1) is 12.6. The number of carbonyl (C=O) groups is 3. The number of rotatable bonds is 3. The van der Waals surface area contributed by atoms with Crippen molar-refractivity contribution in [2.45, 2.75) is 6.92 Å². The Balaban J connectivity index is 1.62. The molecule has 2 aliphatic heterocycles. The standard InChI is InChI=1S/C18H24N4O4/c1-3-19-12-13-22(17(24)16(19)23)18(25)21-10-8-20(9-11-21)14-6-4-5-7-15(14)26-2/h4-7H,3,8-13H2,1-2H3. The van der Waals surface area contributed by atoms with Gasteiger partial charge in [0.25, 0.3) is 0 Å². The van der Waals surface area contributed by atoms with Gasteiger partial charge in [-0.1, -0.05) is 12.1 Å². The number of methoxy groups -OCH3 is 1. The van der Waals surface area contributed by atoms with E-state index in [2.05, 4.69) is 4.90 Å². The van der Waals surface area contributed by atoms with Gasteiger partial charge in [0, 0.05) is 45.8 Å². The van der Waals surface area contributed by atoms with E-state index in [0.717, 1.165) is 16.3 Å². The molecule has 2 aliphatic rings. The molecule has 0 bridgehead atoms. The van der Waals surface area contributed by atoms with Crippen LogP contribution in [0, 0.1) is 0 Å². The number of anilines is 1. The van der Waals surface area contributed by atoms with E-state index in [1.165, 1.54) is 4.90 Å². The summed E-state index contributed by atoms with van der Waals surface area (Å²) >= 11 is 0. The van der Waals surface area contributed by atoms with Crippen LogP contribution in [0.5, 0.6) is 5.75 Å². The van der Waals surface area contributed by atoms with E-state index >= 15 is 0 Å². The predicted molar refractivity (Wildman–Crippen MR) is 96.1 cm³/mol. The van der Waals surface area contributed by atoms with Crippen LogP contribution < -0.4 is 9.64 Å². The molecule has 0 radical (unpaired) electrons. The lowest BCUT2D eigenvalue weighted by Crippen LogP contribution is -2.60. The first-order valence-electron chi connectivity index (χ1n) is 8.84. The molecule has 8 heteroatoms. The molecule has 0 saturated carbocycles. The van der Waals surface area contributed by atoms with Gasteiger partial charge in [0.2, 0.25) is 0 Å². The topological polar surface area (TPSA) is 73.4 Å². The van der Waals surface area contributed by atoms with Gasteiger partial charge < -0.3 is 19.4 Å². The highest BCUT2D eigenvalue weighted by molar-refractivity contribution is 6.38. The van der Waals surface area contributed by atoms with Crippen molar-refractivity contribution in [3.05, 3.63) is 24.3 Å².